The van der Waals surface area contributed by atoms with E-state index in [2.05, 4.69) is 11.4 Å². The van der Waals surface area contributed by atoms with Gasteiger partial charge in [0.1, 0.15) is 5.75 Å². The first-order valence-corrected chi connectivity index (χ1v) is 11.3. The number of benzene rings is 2. The van der Waals surface area contributed by atoms with Gasteiger partial charge in [-0.2, -0.15) is 0 Å². The van der Waals surface area contributed by atoms with Crippen molar-refractivity contribution in [2.24, 2.45) is 0 Å². The Labute approximate surface area is 194 Å². The van der Waals surface area contributed by atoms with E-state index >= 15 is 0 Å². The van der Waals surface area contributed by atoms with Gasteiger partial charge in [-0.25, -0.2) is 0 Å². The quantitative estimate of drug-likeness (QED) is 0.597. The normalized spacial score (nSPS) is 16.3. The fraction of sp³-hybridized carbons (Fsp3) is 0.333. The third kappa shape index (κ3) is 4.95. The molecule has 6 heteroatoms. The Morgan fingerprint density at radius 1 is 1.09 bits per heavy atom. The fourth-order valence-corrected chi connectivity index (χ4v) is 4.29. The molecule has 0 aliphatic carbocycles. The highest BCUT2D eigenvalue weighted by molar-refractivity contribution is 5.92. The summed E-state index contributed by atoms with van der Waals surface area (Å²) in [4.78, 5) is 27.5. The van der Waals surface area contributed by atoms with Gasteiger partial charge in [-0.15, -0.1) is 0 Å². The van der Waals surface area contributed by atoms with Crippen LogP contribution in [0, 0.1) is 6.92 Å². The number of hydrogen-bond acceptors (Lipinski definition) is 4. The topological polar surface area (TPSA) is 71.8 Å². The van der Waals surface area contributed by atoms with Crippen LogP contribution < -0.4 is 10.1 Å². The van der Waals surface area contributed by atoms with Crippen LogP contribution in [-0.2, 0) is 11.2 Å². The number of amides is 2. The molecule has 3 aromatic rings. The lowest BCUT2D eigenvalue weighted by atomic mass is 9.87. The van der Waals surface area contributed by atoms with Crippen LogP contribution in [0.3, 0.4) is 0 Å². The van der Waals surface area contributed by atoms with Crippen LogP contribution in [0.25, 0.3) is 0 Å². The molecule has 1 aliphatic heterocycles. The van der Waals surface area contributed by atoms with E-state index in [9.17, 15) is 9.59 Å². The fourth-order valence-electron chi connectivity index (χ4n) is 4.29. The SMILES string of the molecule is Cc1cccc([C@@H]2c3cc(O[C@@H](C)C(=O)NC(C)C)ccc3CCN2C(=O)c2ccco2)c1. The molecule has 0 saturated heterocycles. The van der Waals surface area contributed by atoms with E-state index in [1.54, 1.807) is 19.1 Å². The molecule has 172 valence electrons. The van der Waals surface area contributed by atoms with E-state index in [0.29, 0.717) is 18.1 Å². The molecule has 0 fully saturated rings. The molecule has 2 aromatic carbocycles. The monoisotopic (exact) mass is 446 g/mol. The van der Waals surface area contributed by atoms with Gasteiger partial charge < -0.3 is 19.4 Å². The molecule has 1 N–H and O–H groups in total. The number of furan rings is 1. The van der Waals surface area contributed by atoms with Crippen LogP contribution in [0.4, 0.5) is 0 Å². The van der Waals surface area contributed by atoms with E-state index in [1.807, 2.05) is 62.1 Å². The standard InChI is InChI=1S/C27H30N2O4/c1-17(2)28-26(30)19(4)33-22-11-10-20-12-13-29(27(31)24-9-6-14-32-24)25(23(20)16-22)21-8-5-7-18(3)15-21/h5-11,14-17,19,25H,12-13H2,1-4H3,(H,28,30)/t19-,25+/m0/s1. The minimum absolute atomic E-state index is 0.0407. The molecule has 0 spiro atoms. The number of ether oxygens (including phenoxy) is 1. The van der Waals surface area contributed by atoms with Crippen molar-refractivity contribution in [1.29, 1.82) is 0 Å². The summed E-state index contributed by atoms with van der Waals surface area (Å²) in [5.41, 5.74) is 4.31. The van der Waals surface area contributed by atoms with Crippen molar-refractivity contribution in [3.8, 4) is 5.75 Å². The van der Waals surface area contributed by atoms with Crippen molar-refractivity contribution in [3.05, 3.63) is 88.9 Å². The summed E-state index contributed by atoms with van der Waals surface area (Å²) >= 11 is 0. The molecule has 33 heavy (non-hydrogen) atoms. The molecule has 4 rings (SSSR count). The highest BCUT2D eigenvalue weighted by Gasteiger charge is 2.34. The number of aryl methyl sites for hydroxylation is 1. The number of fused-ring (bicyclic) bond motifs is 1. The van der Waals surface area contributed by atoms with Gasteiger partial charge in [0, 0.05) is 12.6 Å². The predicted molar refractivity (Wildman–Crippen MR) is 126 cm³/mol. The van der Waals surface area contributed by atoms with Crippen molar-refractivity contribution < 1.29 is 18.7 Å². The van der Waals surface area contributed by atoms with Crippen molar-refractivity contribution in [2.45, 2.75) is 52.3 Å². The van der Waals surface area contributed by atoms with Gasteiger partial charge in [-0.1, -0.05) is 35.9 Å². The Morgan fingerprint density at radius 2 is 1.91 bits per heavy atom. The number of hydrogen-bond donors (Lipinski definition) is 1. The minimum Gasteiger partial charge on any atom is -0.481 e. The number of nitrogens with zero attached hydrogens (tertiary/aromatic N) is 1. The maximum absolute atomic E-state index is 13.3. The minimum atomic E-state index is -0.632. The zero-order valence-corrected chi connectivity index (χ0v) is 19.5. The van der Waals surface area contributed by atoms with Gasteiger partial charge >= 0.3 is 0 Å². The first-order valence-electron chi connectivity index (χ1n) is 11.3. The second-order valence-electron chi connectivity index (χ2n) is 8.83. The lowest BCUT2D eigenvalue weighted by Crippen LogP contribution is -2.41. The van der Waals surface area contributed by atoms with Gasteiger partial charge in [-0.3, -0.25) is 9.59 Å². The van der Waals surface area contributed by atoms with Gasteiger partial charge in [0.2, 0.25) is 0 Å². The Kier molecular flexibility index (Phi) is 6.54. The van der Waals surface area contributed by atoms with Gasteiger partial charge in [0.15, 0.2) is 11.9 Å². The molecule has 6 nitrogen and oxygen atoms in total. The maximum Gasteiger partial charge on any atom is 0.290 e. The summed E-state index contributed by atoms with van der Waals surface area (Å²) in [6, 6.07) is 17.3. The van der Waals surface area contributed by atoms with Gasteiger partial charge in [0.25, 0.3) is 11.8 Å². The second-order valence-corrected chi connectivity index (χ2v) is 8.83. The van der Waals surface area contributed by atoms with Crippen LogP contribution in [0.5, 0.6) is 5.75 Å². The van der Waals surface area contributed by atoms with Crippen LogP contribution >= 0.6 is 0 Å². The highest BCUT2D eigenvalue weighted by Crippen LogP contribution is 2.38. The summed E-state index contributed by atoms with van der Waals surface area (Å²) in [5, 5.41) is 2.88. The molecule has 2 amide bonds. The van der Waals surface area contributed by atoms with Crippen molar-refractivity contribution in [3.63, 3.8) is 0 Å². The smallest absolute Gasteiger partial charge is 0.290 e. The first-order chi connectivity index (χ1) is 15.8. The van der Waals surface area contributed by atoms with E-state index in [-0.39, 0.29) is 23.9 Å². The van der Waals surface area contributed by atoms with E-state index in [1.165, 1.54) is 6.26 Å². The number of nitrogens with one attached hydrogen (secondary N) is 1. The summed E-state index contributed by atoms with van der Waals surface area (Å²) in [6.07, 6.45) is 1.61. The number of carbonyl (C=O) groups excluding carboxylic acids is 2. The Balaban J connectivity index is 1.71. The number of carbonyl (C=O) groups is 2. The zero-order chi connectivity index (χ0) is 23.5. The van der Waals surface area contributed by atoms with E-state index in [0.717, 1.165) is 28.7 Å². The Hall–Kier alpha value is -3.54. The molecule has 1 aliphatic rings. The number of rotatable bonds is 6. The van der Waals surface area contributed by atoms with Crippen LogP contribution in [0.2, 0.25) is 0 Å². The molecule has 1 aromatic heterocycles. The van der Waals surface area contributed by atoms with E-state index < -0.39 is 6.10 Å². The molecular weight excluding hydrogens is 416 g/mol. The third-order valence-electron chi connectivity index (χ3n) is 5.81. The third-order valence-corrected chi connectivity index (χ3v) is 5.81. The molecule has 0 unspecified atom stereocenters. The van der Waals surface area contributed by atoms with Crippen LogP contribution in [-0.4, -0.2) is 35.4 Å². The second kappa shape index (κ2) is 9.53. The summed E-state index contributed by atoms with van der Waals surface area (Å²) < 4.78 is 11.4. The Morgan fingerprint density at radius 3 is 2.61 bits per heavy atom. The van der Waals surface area contributed by atoms with Gasteiger partial charge in [0.05, 0.1) is 12.3 Å². The Bertz CT molecular complexity index is 1140. The molecule has 2 atom stereocenters. The molecule has 0 saturated carbocycles. The van der Waals surface area contributed by atoms with Crippen LogP contribution in [0.1, 0.15) is 59.6 Å². The lowest BCUT2D eigenvalue weighted by Gasteiger charge is -2.37. The highest BCUT2D eigenvalue weighted by atomic mass is 16.5. The summed E-state index contributed by atoms with van der Waals surface area (Å²) in [5.74, 6) is 0.619. The van der Waals surface area contributed by atoms with E-state index in [4.69, 9.17) is 9.15 Å². The van der Waals surface area contributed by atoms with Gasteiger partial charge in [-0.05, 0) is 75.1 Å². The van der Waals surface area contributed by atoms with Crippen molar-refractivity contribution in [2.75, 3.05) is 6.54 Å². The maximum atomic E-state index is 13.3. The molecule has 0 bridgehead atoms. The average molecular weight is 447 g/mol. The van der Waals surface area contributed by atoms with Crippen molar-refractivity contribution in [1.82, 2.24) is 10.2 Å². The molecule has 0 radical (unpaired) electrons. The van der Waals surface area contributed by atoms with Crippen LogP contribution in [0.15, 0.2) is 65.3 Å². The zero-order valence-electron chi connectivity index (χ0n) is 19.5. The van der Waals surface area contributed by atoms with Crippen molar-refractivity contribution >= 4 is 11.8 Å². The summed E-state index contributed by atoms with van der Waals surface area (Å²) in [7, 11) is 0. The largest absolute Gasteiger partial charge is 0.481 e. The summed E-state index contributed by atoms with van der Waals surface area (Å²) in [6.45, 7) is 8.20. The average Bonchev–Trinajstić information content (AvgIpc) is 3.32. The molecular formula is C27H30N2O4. The predicted octanol–water partition coefficient (Wildman–Crippen LogP) is 4.67. The lowest BCUT2D eigenvalue weighted by molar-refractivity contribution is -0.127. The molecule has 2 heterocycles. The first kappa shape index (κ1) is 22.6.